The van der Waals surface area contributed by atoms with E-state index in [0.29, 0.717) is 16.9 Å². The van der Waals surface area contributed by atoms with E-state index in [2.05, 4.69) is 20.4 Å². The number of hydrogen-bond donors (Lipinski definition) is 1. The summed E-state index contributed by atoms with van der Waals surface area (Å²) in [5.74, 6) is -0.212. The molecule has 7 nitrogen and oxygen atoms in total. The van der Waals surface area contributed by atoms with Crippen LogP contribution in [0.4, 0.5) is 5.82 Å². The number of nitrogens with zero attached hydrogens (tertiary/aromatic N) is 4. The van der Waals surface area contributed by atoms with Gasteiger partial charge in [-0.1, -0.05) is 0 Å². The summed E-state index contributed by atoms with van der Waals surface area (Å²) in [7, 11) is 0. The maximum Gasteiger partial charge on any atom is 0.245 e. The summed E-state index contributed by atoms with van der Waals surface area (Å²) in [4.78, 5) is 31.3. The lowest BCUT2D eigenvalue weighted by atomic mass is 10.1. The zero-order valence-corrected chi connectivity index (χ0v) is 12.1. The van der Waals surface area contributed by atoms with Gasteiger partial charge in [0.05, 0.1) is 5.39 Å². The fourth-order valence-electron chi connectivity index (χ4n) is 2.18. The molecular formula is C15H13N5O2. The van der Waals surface area contributed by atoms with E-state index in [1.165, 1.54) is 18.5 Å². The van der Waals surface area contributed by atoms with E-state index in [1.54, 1.807) is 18.6 Å². The lowest BCUT2D eigenvalue weighted by molar-refractivity contribution is -0.114. The first kappa shape index (κ1) is 13.9. The van der Waals surface area contributed by atoms with Gasteiger partial charge >= 0.3 is 0 Å². The molecule has 0 aliphatic heterocycles. The second-order valence-electron chi connectivity index (χ2n) is 4.79. The highest BCUT2D eigenvalue weighted by molar-refractivity contribution is 6.01. The van der Waals surface area contributed by atoms with Gasteiger partial charge in [-0.3, -0.25) is 14.6 Å². The summed E-state index contributed by atoms with van der Waals surface area (Å²) in [5, 5.41) is 7.36. The van der Waals surface area contributed by atoms with E-state index in [9.17, 15) is 9.59 Å². The van der Waals surface area contributed by atoms with Crippen LogP contribution in [-0.2, 0) is 4.79 Å². The summed E-state index contributed by atoms with van der Waals surface area (Å²) in [6, 6.07) is 5.56. The van der Waals surface area contributed by atoms with Crippen molar-refractivity contribution in [2.24, 2.45) is 0 Å². The first-order valence-electron chi connectivity index (χ1n) is 6.64. The Bertz CT molecular complexity index is 870. The van der Waals surface area contributed by atoms with E-state index < -0.39 is 0 Å². The van der Waals surface area contributed by atoms with Gasteiger partial charge in [-0.15, -0.1) is 5.10 Å². The number of hydrogen-bond acceptors (Lipinski definition) is 5. The number of pyridine rings is 2. The maximum absolute atomic E-state index is 11.7. The van der Waals surface area contributed by atoms with Crippen LogP contribution >= 0.6 is 0 Å². The van der Waals surface area contributed by atoms with Crippen LogP contribution < -0.4 is 5.32 Å². The topological polar surface area (TPSA) is 89.8 Å². The Morgan fingerprint density at radius 1 is 1.14 bits per heavy atom. The largest absolute Gasteiger partial charge is 0.309 e. The van der Waals surface area contributed by atoms with E-state index in [0.717, 1.165) is 11.1 Å². The first-order valence-corrected chi connectivity index (χ1v) is 6.64. The zero-order chi connectivity index (χ0) is 15.7. The van der Waals surface area contributed by atoms with E-state index in [-0.39, 0.29) is 11.8 Å². The Morgan fingerprint density at radius 2 is 1.86 bits per heavy atom. The lowest BCUT2D eigenvalue weighted by Gasteiger charge is -2.02. The number of aromatic nitrogens is 4. The third-order valence-corrected chi connectivity index (χ3v) is 3.13. The van der Waals surface area contributed by atoms with Crippen molar-refractivity contribution in [3.63, 3.8) is 0 Å². The normalized spacial score (nSPS) is 10.6. The van der Waals surface area contributed by atoms with Crippen LogP contribution in [0.5, 0.6) is 0 Å². The van der Waals surface area contributed by atoms with E-state index in [4.69, 9.17) is 0 Å². The number of rotatable bonds is 2. The number of nitrogens with one attached hydrogen (secondary N) is 1. The van der Waals surface area contributed by atoms with Gasteiger partial charge in [0.25, 0.3) is 0 Å². The molecule has 0 unspecified atom stereocenters. The maximum atomic E-state index is 11.7. The predicted octanol–water partition coefficient (Wildman–Crippen LogP) is 2.11. The van der Waals surface area contributed by atoms with Crippen molar-refractivity contribution in [2.75, 3.05) is 5.32 Å². The molecule has 0 aliphatic carbocycles. The summed E-state index contributed by atoms with van der Waals surface area (Å²) in [5.41, 5.74) is 2.20. The summed E-state index contributed by atoms with van der Waals surface area (Å²) in [6.07, 6.45) is 5.04. The highest BCUT2D eigenvalue weighted by Gasteiger charge is 2.16. The monoisotopic (exact) mass is 295 g/mol. The highest BCUT2D eigenvalue weighted by Crippen LogP contribution is 2.27. The molecule has 0 atom stereocenters. The van der Waals surface area contributed by atoms with Crippen molar-refractivity contribution in [3.05, 3.63) is 36.8 Å². The molecule has 0 saturated carbocycles. The third kappa shape index (κ3) is 2.44. The van der Waals surface area contributed by atoms with Gasteiger partial charge in [-0.25, -0.2) is 4.98 Å². The Hall–Kier alpha value is -3.09. The second-order valence-corrected chi connectivity index (χ2v) is 4.79. The number of carbonyl (C=O) groups excluding carboxylic acids is 2. The van der Waals surface area contributed by atoms with Crippen molar-refractivity contribution >= 4 is 28.7 Å². The van der Waals surface area contributed by atoms with E-state index >= 15 is 0 Å². The van der Waals surface area contributed by atoms with Gasteiger partial charge in [0.2, 0.25) is 11.8 Å². The molecule has 0 saturated heterocycles. The van der Waals surface area contributed by atoms with Crippen LogP contribution in [0.1, 0.15) is 18.6 Å². The van der Waals surface area contributed by atoms with Crippen LogP contribution in [0.25, 0.3) is 22.2 Å². The molecule has 1 amide bonds. The van der Waals surface area contributed by atoms with Gasteiger partial charge in [-0.05, 0) is 23.8 Å². The van der Waals surface area contributed by atoms with Gasteiger partial charge in [-0.2, -0.15) is 4.68 Å². The van der Waals surface area contributed by atoms with Crippen LogP contribution in [0.2, 0.25) is 0 Å². The lowest BCUT2D eigenvalue weighted by Crippen LogP contribution is -2.10. The fourth-order valence-corrected chi connectivity index (χ4v) is 2.18. The standard InChI is InChI=1S/C15H13N5O2/c1-9(21)18-14-13-7-12(11-3-5-16-6-4-11)8-17-15(13)20(19-14)10(2)22/h3-8H,1-2H3,(H,18,19,21). The van der Waals surface area contributed by atoms with Crippen LogP contribution in [0, 0.1) is 0 Å². The van der Waals surface area contributed by atoms with Crippen LogP contribution in [-0.4, -0.2) is 31.6 Å². The minimum atomic E-state index is -0.272. The molecule has 3 rings (SSSR count). The SMILES string of the molecule is CC(=O)Nc1nn(C(C)=O)c2ncc(-c3ccncc3)cc12. The smallest absolute Gasteiger partial charge is 0.245 e. The molecule has 3 heterocycles. The molecule has 22 heavy (non-hydrogen) atoms. The average molecular weight is 295 g/mol. The number of anilines is 1. The highest BCUT2D eigenvalue weighted by atomic mass is 16.2. The molecule has 0 spiro atoms. The third-order valence-electron chi connectivity index (χ3n) is 3.13. The predicted molar refractivity (Wildman–Crippen MR) is 81.4 cm³/mol. The molecule has 3 aromatic heterocycles. The van der Waals surface area contributed by atoms with E-state index in [1.807, 2.05) is 18.2 Å². The molecule has 1 N–H and O–H groups in total. The van der Waals surface area contributed by atoms with Gasteiger partial charge < -0.3 is 5.32 Å². The van der Waals surface area contributed by atoms with Crippen molar-refractivity contribution in [3.8, 4) is 11.1 Å². The Kier molecular flexibility index (Phi) is 3.38. The Labute approximate surface area is 126 Å². The Morgan fingerprint density at radius 3 is 2.50 bits per heavy atom. The van der Waals surface area contributed by atoms with Gasteiger partial charge in [0.1, 0.15) is 0 Å². The minimum Gasteiger partial charge on any atom is -0.309 e. The van der Waals surface area contributed by atoms with Gasteiger partial charge in [0.15, 0.2) is 11.5 Å². The summed E-state index contributed by atoms with van der Waals surface area (Å²) in [6.45, 7) is 2.78. The molecule has 0 aromatic carbocycles. The number of carbonyl (C=O) groups is 2. The minimum absolute atomic E-state index is 0.260. The molecule has 3 aromatic rings. The van der Waals surface area contributed by atoms with Crippen LogP contribution in [0.3, 0.4) is 0 Å². The molecular weight excluding hydrogens is 282 g/mol. The zero-order valence-electron chi connectivity index (χ0n) is 12.1. The first-order chi connectivity index (χ1) is 10.6. The number of fused-ring (bicyclic) bond motifs is 1. The number of amides is 1. The average Bonchev–Trinajstić information content (AvgIpc) is 2.86. The van der Waals surface area contributed by atoms with Crippen molar-refractivity contribution in [2.45, 2.75) is 13.8 Å². The fraction of sp³-hybridized carbons (Fsp3) is 0.133. The molecule has 0 bridgehead atoms. The molecule has 7 heteroatoms. The summed E-state index contributed by atoms with van der Waals surface area (Å²) < 4.78 is 1.18. The summed E-state index contributed by atoms with van der Waals surface area (Å²) >= 11 is 0. The van der Waals surface area contributed by atoms with Crippen molar-refractivity contribution < 1.29 is 9.59 Å². The molecule has 0 fully saturated rings. The molecule has 110 valence electrons. The van der Waals surface area contributed by atoms with Crippen molar-refractivity contribution in [1.29, 1.82) is 0 Å². The second kappa shape index (κ2) is 5.36. The van der Waals surface area contributed by atoms with Crippen molar-refractivity contribution in [1.82, 2.24) is 19.7 Å². The molecule has 0 radical (unpaired) electrons. The quantitative estimate of drug-likeness (QED) is 0.782. The van der Waals surface area contributed by atoms with Gasteiger partial charge in [0, 0.05) is 38.0 Å². The molecule has 0 aliphatic rings. The van der Waals surface area contributed by atoms with Crippen LogP contribution in [0.15, 0.2) is 36.8 Å². The Balaban J connectivity index is 2.21.